The van der Waals surface area contributed by atoms with Crippen molar-refractivity contribution in [3.63, 3.8) is 0 Å². The Labute approximate surface area is 153 Å². The van der Waals surface area contributed by atoms with E-state index < -0.39 is 5.82 Å². The number of H-pyrrole nitrogens is 1. The zero-order valence-corrected chi connectivity index (χ0v) is 14.8. The number of carbonyl (C=O) groups is 1. The van der Waals surface area contributed by atoms with E-state index in [1.807, 2.05) is 0 Å². The van der Waals surface area contributed by atoms with Gasteiger partial charge in [0.1, 0.15) is 11.2 Å². The van der Waals surface area contributed by atoms with Gasteiger partial charge < -0.3 is 15.4 Å². The van der Waals surface area contributed by atoms with Gasteiger partial charge in [0.05, 0.1) is 18.5 Å². The molecule has 0 aliphatic heterocycles. The number of fused-ring (bicyclic) bond motifs is 1. The average Bonchev–Trinajstić information content (AvgIpc) is 3.42. The van der Waals surface area contributed by atoms with Crippen LogP contribution in [0.25, 0.3) is 11.0 Å². The number of amides is 1. The minimum atomic E-state index is -0.531. The summed E-state index contributed by atoms with van der Waals surface area (Å²) in [5.74, 6) is -0.291. The molecular weight excluding hydrogens is 353 g/mol. The number of rotatable bonds is 5. The normalized spacial score (nSPS) is 13.6. The molecule has 0 saturated heterocycles. The van der Waals surface area contributed by atoms with Crippen LogP contribution in [-0.2, 0) is 11.8 Å². The van der Waals surface area contributed by atoms with Crippen LogP contribution < -0.4 is 20.9 Å². The predicted octanol–water partition coefficient (Wildman–Crippen LogP) is 2.50. The molecule has 27 heavy (non-hydrogen) atoms. The van der Waals surface area contributed by atoms with E-state index >= 15 is 0 Å². The van der Waals surface area contributed by atoms with E-state index in [1.165, 1.54) is 23.9 Å². The van der Waals surface area contributed by atoms with Gasteiger partial charge in [-0.2, -0.15) is 0 Å². The monoisotopic (exact) mass is 371 g/mol. The Balaban J connectivity index is 1.81. The van der Waals surface area contributed by atoms with Gasteiger partial charge in [-0.3, -0.25) is 19.4 Å². The standard InChI is InChI=1S/C18H18FN5O3/c1-24-18(26)14-12(20-11-5-3-4-10(19)15(11)27-2)8-13(21-16(14)23-24)22-17(25)9-6-7-9/h3-5,8-9H,6-7H2,1-2H3,(H3,20,21,22,23,25). The van der Waals surface area contributed by atoms with Crippen molar-refractivity contribution in [1.29, 1.82) is 0 Å². The minimum Gasteiger partial charge on any atom is -0.492 e. The topological polar surface area (TPSA) is 101 Å². The predicted molar refractivity (Wildman–Crippen MR) is 98.9 cm³/mol. The van der Waals surface area contributed by atoms with Gasteiger partial charge in [-0.25, -0.2) is 9.37 Å². The summed E-state index contributed by atoms with van der Waals surface area (Å²) in [6, 6.07) is 6.00. The Morgan fingerprint density at radius 2 is 2.15 bits per heavy atom. The maximum atomic E-state index is 14.0. The summed E-state index contributed by atoms with van der Waals surface area (Å²) in [7, 11) is 2.93. The van der Waals surface area contributed by atoms with Crippen molar-refractivity contribution < 1.29 is 13.9 Å². The fourth-order valence-electron chi connectivity index (χ4n) is 2.92. The molecule has 3 aromatic rings. The highest BCUT2D eigenvalue weighted by Crippen LogP contribution is 2.34. The number of aryl methyl sites for hydroxylation is 1. The molecule has 9 heteroatoms. The van der Waals surface area contributed by atoms with E-state index in [1.54, 1.807) is 19.2 Å². The Morgan fingerprint density at radius 1 is 1.37 bits per heavy atom. The lowest BCUT2D eigenvalue weighted by Crippen LogP contribution is -2.15. The summed E-state index contributed by atoms with van der Waals surface area (Å²) in [5, 5.41) is 8.94. The largest absolute Gasteiger partial charge is 0.492 e. The molecule has 0 atom stereocenters. The molecule has 4 rings (SSSR count). The highest BCUT2D eigenvalue weighted by molar-refractivity contribution is 5.98. The number of carbonyl (C=O) groups excluding carboxylic acids is 1. The maximum absolute atomic E-state index is 14.0. The fourth-order valence-corrected chi connectivity index (χ4v) is 2.92. The average molecular weight is 371 g/mol. The summed E-state index contributed by atoms with van der Waals surface area (Å²) >= 11 is 0. The van der Waals surface area contributed by atoms with E-state index in [2.05, 4.69) is 20.7 Å². The smallest absolute Gasteiger partial charge is 0.277 e. The second kappa shape index (κ2) is 6.42. The van der Waals surface area contributed by atoms with Crippen LogP contribution in [-0.4, -0.2) is 27.8 Å². The molecule has 140 valence electrons. The highest BCUT2D eigenvalue weighted by atomic mass is 19.1. The Kier molecular flexibility index (Phi) is 4.06. The van der Waals surface area contributed by atoms with Gasteiger partial charge in [-0.05, 0) is 25.0 Å². The Hall–Kier alpha value is -3.36. The number of para-hydroxylation sites is 1. The molecule has 8 nitrogen and oxygen atoms in total. The number of benzene rings is 1. The van der Waals surface area contributed by atoms with Crippen molar-refractivity contribution in [2.75, 3.05) is 17.7 Å². The van der Waals surface area contributed by atoms with Gasteiger partial charge >= 0.3 is 0 Å². The first-order valence-corrected chi connectivity index (χ1v) is 8.48. The van der Waals surface area contributed by atoms with Crippen molar-refractivity contribution in [1.82, 2.24) is 14.8 Å². The second-order valence-electron chi connectivity index (χ2n) is 6.46. The maximum Gasteiger partial charge on any atom is 0.277 e. The van der Waals surface area contributed by atoms with Gasteiger partial charge in [-0.15, -0.1) is 0 Å². The number of nitrogens with zero attached hydrogens (tertiary/aromatic N) is 2. The molecule has 2 heterocycles. The van der Waals surface area contributed by atoms with Crippen LogP contribution >= 0.6 is 0 Å². The van der Waals surface area contributed by atoms with E-state index in [-0.39, 0.29) is 23.1 Å². The third kappa shape index (κ3) is 3.12. The van der Waals surface area contributed by atoms with E-state index in [9.17, 15) is 14.0 Å². The number of hydrogen-bond acceptors (Lipinski definition) is 5. The number of anilines is 3. The summed E-state index contributed by atoms with van der Waals surface area (Å²) < 4.78 is 20.4. The van der Waals surface area contributed by atoms with Crippen molar-refractivity contribution in [3.8, 4) is 5.75 Å². The zero-order chi connectivity index (χ0) is 19.1. The third-order valence-electron chi connectivity index (χ3n) is 4.45. The van der Waals surface area contributed by atoms with Crippen molar-refractivity contribution in [2.45, 2.75) is 12.8 Å². The van der Waals surface area contributed by atoms with Crippen molar-refractivity contribution in [3.05, 3.63) is 40.4 Å². The third-order valence-corrected chi connectivity index (χ3v) is 4.45. The second-order valence-corrected chi connectivity index (χ2v) is 6.46. The number of aromatic amines is 1. The highest BCUT2D eigenvalue weighted by Gasteiger charge is 2.30. The number of ether oxygens (including phenoxy) is 1. The Morgan fingerprint density at radius 3 is 2.85 bits per heavy atom. The summed E-state index contributed by atoms with van der Waals surface area (Å²) in [4.78, 5) is 28.9. The first-order valence-electron chi connectivity index (χ1n) is 8.48. The minimum absolute atomic E-state index is 0.0111. The molecule has 3 N–H and O–H groups in total. The SMILES string of the molecule is COc1c(F)cccc1Nc1cc(NC(=O)C2CC2)nc2[nH]n(C)c(=O)c12. The number of pyridine rings is 1. The van der Waals surface area contributed by atoms with Crippen LogP contribution in [0.1, 0.15) is 12.8 Å². The lowest BCUT2D eigenvalue weighted by atomic mass is 10.2. The van der Waals surface area contributed by atoms with E-state index in [0.29, 0.717) is 28.2 Å². The van der Waals surface area contributed by atoms with Gasteiger partial charge in [0.25, 0.3) is 5.56 Å². The van der Waals surface area contributed by atoms with Gasteiger partial charge in [0.2, 0.25) is 5.91 Å². The molecule has 1 aromatic carbocycles. The molecule has 1 aliphatic carbocycles. The van der Waals surface area contributed by atoms with Gasteiger partial charge in [-0.1, -0.05) is 6.07 Å². The first-order chi connectivity index (χ1) is 13.0. The van der Waals surface area contributed by atoms with E-state index in [4.69, 9.17) is 4.74 Å². The molecule has 1 fully saturated rings. The molecule has 0 bridgehead atoms. The van der Waals surface area contributed by atoms with E-state index in [0.717, 1.165) is 12.8 Å². The summed E-state index contributed by atoms with van der Waals surface area (Å²) in [6.07, 6.45) is 1.73. The van der Waals surface area contributed by atoms with Crippen LogP contribution in [0.2, 0.25) is 0 Å². The molecule has 0 spiro atoms. The fraction of sp³-hybridized carbons (Fsp3) is 0.278. The number of aromatic nitrogens is 3. The molecule has 2 aromatic heterocycles. The first kappa shape index (κ1) is 17.1. The summed E-state index contributed by atoms with van der Waals surface area (Å²) in [6.45, 7) is 0. The molecular formula is C18H18FN5O3. The quantitative estimate of drug-likeness (QED) is 0.640. The number of nitrogens with one attached hydrogen (secondary N) is 3. The molecule has 0 radical (unpaired) electrons. The molecule has 1 aliphatic rings. The lowest BCUT2D eigenvalue weighted by molar-refractivity contribution is -0.117. The van der Waals surface area contributed by atoms with Crippen LogP contribution in [0.5, 0.6) is 5.75 Å². The number of hydrogen-bond donors (Lipinski definition) is 3. The van der Waals surface area contributed by atoms with Crippen molar-refractivity contribution >= 4 is 34.1 Å². The lowest BCUT2D eigenvalue weighted by Gasteiger charge is -2.13. The summed E-state index contributed by atoms with van der Waals surface area (Å²) in [5.41, 5.74) is 0.758. The van der Waals surface area contributed by atoms with Crippen LogP contribution in [0.15, 0.2) is 29.1 Å². The van der Waals surface area contributed by atoms with Crippen molar-refractivity contribution in [2.24, 2.45) is 13.0 Å². The van der Waals surface area contributed by atoms with Gasteiger partial charge in [0, 0.05) is 19.0 Å². The number of halogens is 1. The Bertz CT molecular complexity index is 1100. The number of methoxy groups -OCH3 is 1. The van der Waals surface area contributed by atoms with Crippen LogP contribution in [0.4, 0.5) is 21.6 Å². The molecule has 1 saturated carbocycles. The zero-order valence-electron chi connectivity index (χ0n) is 14.8. The van der Waals surface area contributed by atoms with Crippen LogP contribution in [0.3, 0.4) is 0 Å². The van der Waals surface area contributed by atoms with Gasteiger partial charge in [0.15, 0.2) is 17.2 Å². The molecule has 0 unspecified atom stereocenters. The van der Waals surface area contributed by atoms with Crippen LogP contribution in [0, 0.1) is 11.7 Å². The molecule has 1 amide bonds.